The van der Waals surface area contributed by atoms with Crippen LogP contribution in [0.1, 0.15) is 31.6 Å². The second-order valence-corrected chi connectivity index (χ2v) is 5.19. The highest BCUT2D eigenvalue weighted by molar-refractivity contribution is 5.77. The van der Waals surface area contributed by atoms with E-state index in [0.29, 0.717) is 18.3 Å². The second-order valence-electron chi connectivity index (χ2n) is 5.19. The average molecular weight is 245 g/mol. The first-order valence-corrected chi connectivity index (χ1v) is 6.64. The van der Waals surface area contributed by atoms with Gasteiger partial charge in [0.25, 0.3) is 0 Å². The molecule has 0 amide bonds. The molecule has 3 nitrogen and oxygen atoms in total. The van der Waals surface area contributed by atoms with Crippen molar-refractivity contribution in [3.05, 3.63) is 36.1 Å². The van der Waals surface area contributed by atoms with Gasteiger partial charge in [-0.1, -0.05) is 18.2 Å². The van der Waals surface area contributed by atoms with Crippen molar-refractivity contribution in [3.8, 4) is 0 Å². The number of nitrogens with zero attached hydrogens (tertiary/aromatic N) is 1. The molecule has 1 aliphatic heterocycles. The third-order valence-corrected chi connectivity index (χ3v) is 3.87. The molecule has 1 N–H and O–H groups in total. The summed E-state index contributed by atoms with van der Waals surface area (Å²) in [5.41, 5.74) is 0.848. The quantitative estimate of drug-likeness (QED) is 0.903. The minimum Gasteiger partial charge on any atom is -0.458 e. The van der Waals surface area contributed by atoms with Gasteiger partial charge in [0.15, 0.2) is 0 Å². The second kappa shape index (κ2) is 4.75. The summed E-state index contributed by atoms with van der Waals surface area (Å²) in [4.78, 5) is 2.33. The van der Waals surface area contributed by atoms with Crippen LogP contribution < -0.4 is 0 Å². The lowest BCUT2D eigenvalue weighted by Crippen LogP contribution is -2.31. The Kier molecular flexibility index (Phi) is 3.10. The van der Waals surface area contributed by atoms with Crippen molar-refractivity contribution in [2.45, 2.75) is 31.9 Å². The van der Waals surface area contributed by atoms with E-state index in [1.54, 1.807) is 0 Å². The van der Waals surface area contributed by atoms with Crippen molar-refractivity contribution < 1.29 is 9.52 Å². The molecule has 1 saturated heterocycles. The average Bonchev–Trinajstić information content (AvgIpc) is 2.96. The summed E-state index contributed by atoms with van der Waals surface area (Å²) in [6.07, 6.45) is 1.93. The van der Waals surface area contributed by atoms with Gasteiger partial charge < -0.3 is 9.52 Å². The Morgan fingerprint density at radius 3 is 3.00 bits per heavy atom. The number of fused-ring (bicyclic) bond motifs is 1. The third kappa shape index (κ3) is 2.16. The van der Waals surface area contributed by atoms with Crippen molar-refractivity contribution in [2.75, 3.05) is 13.1 Å². The maximum absolute atomic E-state index is 10.3. The topological polar surface area (TPSA) is 36.6 Å². The standard InChI is InChI=1S/C15H19NO2/c1-11-5-4-8-16(11)10-13(17)15-9-12-6-2-3-7-14(12)18-15/h2-3,6-7,9,11,13,17H,4-5,8,10H2,1H3. The van der Waals surface area contributed by atoms with E-state index in [0.717, 1.165) is 17.5 Å². The molecule has 3 rings (SSSR count). The van der Waals surface area contributed by atoms with Gasteiger partial charge in [0.2, 0.25) is 0 Å². The van der Waals surface area contributed by atoms with E-state index in [1.165, 1.54) is 12.8 Å². The monoisotopic (exact) mass is 245 g/mol. The predicted molar refractivity (Wildman–Crippen MR) is 71.4 cm³/mol. The van der Waals surface area contributed by atoms with E-state index in [4.69, 9.17) is 4.42 Å². The van der Waals surface area contributed by atoms with Crippen LogP contribution in [0.3, 0.4) is 0 Å². The van der Waals surface area contributed by atoms with Crippen molar-refractivity contribution >= 4 is 11.0 Å². The molecule has 18 heavy (non-hydrogen) atoms. The number of para-hydroxylation sites is 1. The number of likely N-dealkylation sites (tertiary alicyclic amines) is 1. The van der Waals surface area contributed by atoms with E-state index in [-0.39, 0.29) is 0 Å². The zero-order valence-corrected chi connectivity index (χ0v) is 10.7. The molecule has 1 aliphatic rings. The van der Waals surface area contributed by atoms with Crippen LogP contribution in [-0.2, 0) is 0 Å². The molecular weight excluding hydrogens is 226 g/mol. The number of rotatable bonds is 3. The molecule has 0 bridgehead atoms. The minimum atomic E-state index is -0.530. The molecule has 0 spiro atoms. The van der Waals surface area contributed by atoms with Crippen molar-refractivity contribution in [3.63, 3.8) is 0 Å². The van der Waals surface area contributed by atoms with Gasteiger partial charge in [0.1, 0.15) is 17.4 Å². The smallest absolute Gasteiger partial charge is 0.135 e. The normalized spacial score (nSPS) is 22.7. The Hall–Kier alpha value is -1.32. The van der Waals surface area contributed by atoms with Crippen LogP contribution in [-0.4, -0.2) is 29.1 Å². The number of aliphatic hydroxyl groups excluding tert-OH is 1. The van der Waals surface area contributed by atoms with E-state index in [2.05, 4.69) is 11.8 Å². The van der Waals surface area contributed by atoms with E-state index in [9.17, 15) is 5.11 Å². The summed E-state index contributed by atoms with van der Waals surface area (Å²) in [5, 5.41) is 11.3. The summed E-state index contributed by atoms with van der Waals surface area (Å²) < 4.78 is 5.70. The van der Waals surface area contributed by atoms with Gasteiger partial charge in [-0.3, -0.25) is 4.90 Å². The van der Waals surface area contributed by atoms with Crippen molar-refractivity contribution in [1.29, 1.82) is 0 Å². The van der Waals surface area contributed by atoms with Gasteiger partial charge in [-0.15, -0.1) is 0 Å². The van der Waals surface area contributed by atoms with Crippen LogP contribution >= 0.6 is 0 Å². The Labute approximate surface area is 107 Å². The summed E-state index contributed by atoms with van der Waals surface area (Å²) in [5.74, 6) is 0.676. The molecule has 0 saturated carbocycles. The van der Waals surface area contributed by atoms with Gasteiger partial charge in [-0.25, -0.2) is 0 Å². The molecule has 2 atom stereocenters. The van der Waals surface area contributed by atoms with Gasteiger partial charge in [0.05, 0.1) is 0 Å². The number of furan rings is 1. The van der Waals surface area contributed by atoms with Crippen LogP contribution in [0, 0.1) is 0 Å². The van der Waals surface area contributed by atoms with Gasteiger partial charge in [-0.05, 0) is 38.4 Å². The number of aliphatic hydroxyl groups is 1. The van der Waals surface area contributed by atoms with E-state index >= 15 is 0 Å². The van der Waals surface area contributed by atoms with Gasteiger partial charge in [0, 0.05) is 18.0 Å². The highest BCUT2D eigenvalue weighted by Crippen LogP contribution is 2.26. The first-order chi connectivity index (χ1) is 8.74. The fraction of sp³-hybridized carbons (Fsp3) is 0.467. The van der Waals surface area contributed by atoms with Crippen LogP contribution in [0.25, 0.3) is 11.0 Å². The number of hydrogen-bond acceptors (Lipinski definition) is 3. The summed E-state index contributed by atoms with van der Waals surface area (Å²) in [6, 6.07) is 10.4. The van der Waals surface area contributed by atoms with Crippen LogP contribution in [0.2, 0.25) is 0 Å². The van der Waals surface area contributed by atoms with E-state index in [1.807, 2.05) is 30.3 Å². The Balaban J connectivity index is 1.77. The fourth-order valence-electron chi connectivity index (χ4n) is 2.74. The highest BCUT2D eigenvalue weighted by atomic mass is 16.4. The van der Waals surface area contributed by atoms with Crippen molar-refractivity contribution in [2.24, 2.45) is 0 Å². The number of hydrogen-bond donors (Lipinski definition) is 1. The molecule has 2 unspecified atom stereocenters. The lowest BCUT2D eigenvalue weighted by atomic mass is 10.2. The Bertz CT molecular complexity index is 501. The third-order valence-electron chi connectivity index (χ3n) is 3.87. The van der Waals surface area contributed by atoms with Crippen LogP contribution in [0.4, 0.5) is 0 Å². The first kappa shape index (κ1) is 11.8. The fourth-order valence-corrected chi connectivity index (χ4v) is 2.74. The molecule has 2 heterocycles. The maximum Gasteiger partial charge on any atom is 0.135 e. The molecule has 2 aromatic rings. The summed E-state index contributed by atoms with van der Waals surface area (Å²) in [6.45, 7) is 3.97. The Morgan fingerprint density at radius 2 is 2.28 bits per heavy atom. The summed E-state index contributed by atoms with van der Waals surface area (Å²) in [7, 11) is 0. The maximum atomic E-state index is 10.3. The largest absolute Gasteiger partial charge is 0.458 e. The number of benzene rings is 1. The zero-order chi connectivity index (χ0) is 12.5. The van der Waals surface area contributed by atoms with Crippen LogP contribution in [0.5, 0.6) is 0 Å². The Morgan fingerprint density at radius 1 is 1.44 bits per heavy atom. The lowest BCUT2D eigenvalue weighted by molar-refractivity contribution is 0.0932. The van der Waals surface area contributed by atoms with E-state index < -0.39 is 6.10 Å². The molecule has 1 fully saturated rings. The first-order valence-electron chi connectivity index (χ1n) is 6.64. The van der Waals surface area contributed by atoms with Gasteiger partial charge in [-0.2, -0.15) is 0 Å². The molecule has 3 heteroatoms. The molecule has 1 aromatic carbocycles. The SMILES string of the molecule is CC1CCCN1CC(O)c1cc2ccccc2o1. The molecular formula is C15H19NO2. The summed E-state index contributed by atoms with van der Waals surface area (Å²) >= 11 is 0. The van der Waals surface area contributed by atoms with Gasteiger partial charge >= 0.3 is 0 Å². The molecule has 96 valence electrons. The van der Waals surface area contributed by atoms with Crippen LogP contribution in [0.15, 0.2) is 34.7 Å². The number of β-amino-alcohol motifs (C(OH)–C–C–N with tert-alkyl or cyclic N) is 1. The minimum absolute atomic E-state index is 0.530. The highest BCUT2D eigenvalue weighted by Gasteiger charge is 2.24. The molecule has 1 aromatic heterocycles. The molecule has 0 aliphatic carbocycles. The molecule has 0 radical (unpaired) electrons. The predicted octanol–water partition coefficient (Wildman–Crippen LogP) is 2.95. The van der Waals surface area contributed by atoms with Crippen molar-refractivity contribution in [1.82, 2.24) is 4.90 Å². The lowest BCUT2D eigenvalue weighted by Gasteiger charge is -2.22. The zero-order valence-electron chi connectivity index (χ0n) is 10.7.